The molecule has 2 aliphatic rings. The minimum absolute atomic E-state index is 0.204. The van der Waals surface area contributed by atoms with Crippen LogP contribution in [-0.2, 0) is 4.79 Å². The van der Waals surface area contributed by atoms with Crippen molar-refractivity contribution in [1.29, 1.82) is 0 Å². The molecule has 1 amide bonds. The fraction of sp³-hybridized carbons (Fsp3) is 0.917. The third-order valence-corrected chi connectivity index (χ3v) is 4.60. The van der Waals surface area contributed by atoms with E-state index in [4.69, 9.17) is 11.6 Å². The maximum Gasteiger partial charge on any atom is 0.223 e. The van der Waals surface area contributed by atoms with Crippen LogP contribution in [0.1, 0.15) is 39.0 Å². The van der Waals surface area contributed by atoms with E-state index in [1.54, 1.807) is 0 Å². The van der Waals surface area contributed by atoms with E-state index in [-0.39, 0.29) is 11.3 Å². The van der Waals surface area contributed by atoms with E-state index in [1.807, 2.05) is 0 Å². The molecule has 2 saturated carbocycles. The van der Waals surface area contributed by atoms with Gasteiger partial charge in [-0.05, 0) is 25.2 Å². The highest BCUT2D eigenvalue weighted by Gasteiger charge is 2.40. The van der Waals surface area contributed by atoms with E-state index in [9.17, 15) is 4.79 Å². The minimum atomic E-state index is 0.204. The number of carbonyl (C=O) groups excluding carboxylic acids is 1. The van der Waals surface area contributed by atoms with Gasteiger partial charge in [0.25, 0.3) is 0 Å². The number of nitrogens with one attached hydrogen (secondary N) is 1. The smallest absolute Gasteiger partial charge is 0.223 e. The van der Waals surface area contributed by atoms with Crippen LogP contribution >= 0.6 is 11.6 Å². The molecule has 0 heterocycles. The van der Waals surface area contributed by atoms with Gasteiger partial charge in [0, 0.05) is 23.8 Å². The Balaban J connectivity index is 1.78. The summed E-state index contributed by atoms with van der Waals surface area (Å²) in [6, 6.07) is 0. The first-order valence-electron chi connectivity index (χ1n) is 6.01. The van der Waals surface area contributed by atoms with Gasteiger partial charge in [-0.3, -0.25) is 4.79 Å². The summed E-state index contributed by atoms with van der Waals surface area (Å²) in [5.41, 5.74) is 0.204. The van der Waals surface area contributed by atoms with E-state index >= 15 is 0 Å². The topological polar surface area (TPSA) is 29.1 Å². The van der Waals surface area contributed by atoms with Crippen LogP contribution in [0.2, 0.25) is 0 Å². The number of halogens is 1. The molecule has 2 rings (SSSR count). The van der Waals surface area contributed by atoms with Crippen LogP contribution in [0.15, 0.2) is 0 Å². The van der Waals surface area contributed by atoms with E-state index in [0.29, 0.717) is 17.7 Å². The fourth-order valence-electron chi connectivity index (χ4n) is 2.58. The van der Waals surface area contributed by atoms with Crippen molar-refractivity contribution in [3.63, 3.8) is 0 Å². The standard InChI is InChI=1S/C12H20ClNO/c1-9-6-10(9)11(15)14-8-12(7-13)4-2-3-5-12/h9-10H,2-8H2,1H3,(H,14,15). The van der Waals surface area contributed by atoms with Crippen molar-refractivity contribution in [1.82, 2.24) is 5.32 Å². The van der Waals surface area contributed by atoms with Crippen molar-refractivity contribution in [2.75, 3.05) is 12.4 Å². The zero-order valence-electron chi connectivity index (χ0n) is 9.39. The van der Waals surface area contributed by atoms with Crippen molar-refractivity contribution in [2.45, 2.75) is 39.0 Å². The first-order chi connectivity index (χ1) is 7.17. The van der Waals surface area contributed by atoms with Gasteiger partial charge >= 0.3 is 0 Å². The first-order valence-corrected chi connectivity index (χ1v) is 6.54. The highest BCUT2D eigenvalue weighted by molar-refractivity contribution is 6.18. The molecule has 0 aromatic rings. The number of carbonyl (C=O) groups is 1. The minimum Gasteiger partial charge on any atom is -0.355 e. The molecule has 2 unspecified atom stereocenters. The maximum atomic E-state index is 11.7. The van der Waals surface area contributed by atoms with Crippen molar-refractivity contribution in [2.24, 2.45) is 17.3 Å². The lowest BCUT2D eigenvalue weighted by Crippen LogP contribution is -2.38. The molecule has 2 aliphatic carbocycles. The summed E-state index contributed by atoms with van der Waals surface area (Å²) < 4.78 is 0. The van der Waals surface area contributed by atoms with E-state index < -0.39 is 0 Å². The molecule has 0 aliphatic heterocycles. The molecular weight excluding hydrogens is 210 g/mol. The Morgan fingerprint density at radius 2 is 2.07 bits per heavy atom. The molecule has 0 saturated heterocycles. The van der Waals surface area contributed by atoms with Crippen molar-refractivity contribution >= 4 is 17.5 Å². The molecule has 2 nitrogen and oxygen atoms in total. The lowest BCUT2D eigenvalue weighted by molar-refractivity contribution is -0.123. The van der Waals surface area contributed by atoms with Gasteiger partial charge < -0.3 is 5.32 Å². The second-order valence-corrected chi connectivity index (χ2v) is 5.65. The van der Waals surface area contributed by atoms with Crippen LogP contribution in [-0.4, -0.2) is 18.3 Å². The SMILES string of the molecule is CC1CC1C(=O)NCC1(CCl)CCCC1. The molecule has 3 heteroatoms. The molecule has 0 bridgehead atoms. The lowest BCUT2D eigenvalue weighted by Gasteiger charge is -2.26. The second-order valence-electron chi connectivity index (χ2n) is 5.38. The Bertz CT molecular complexity index is 248. The quantitative estimate of drug-likeness (QED) is 0.738. The number of rotatable bonds is 4. The predicted molar refractivity (Wildman–Crippen MR) is 61.9 cm³/mol. The monoisotopic (exact) mass is 229 g/mol. The normalized spacial score (nSPS) is 32.7. The molecule has 0 aromatic carbocycles. The summed E-state index contributed by atoms with van der Waals surface area (Å²) in [5.74, 6) is 1.83. The molecule has 0 radical (unpaired) electrons. The summed E-state index contributed by atoms with van der Waals surface area (Å²) in [6.45, 7) is 2.93. The maximum absolute atomic E-state index is 11.7. The van der Waals surface area contributed by atoms with Crippen LogP contribution in [0.3, 0.4) is 0 Å². The van der Waals surface area contributed by atoms with E-state index in [1.165, 1.54) is 25.7 Å². The summed E-state index contributed by atoms with van der Waals surface area (Å²) in [6.07, 6.45) is 5.96. The van der Waals surface area contributed by atoms with E-state index in [0.717, 1.165) is 13.0 Å². The van der Waals surface area contributed by atoms with Gasteiger partial charge in [-0.1, -0.05) is 19.8 Å². The predicted octanol–water partition coefficient (Wildman–Crippen LogP) is 2.56. The number of hydrogen-bond acceptors (Lipinski definition) is 1. The largest absolute Gasteiger partial charge is 0.355 e. The van der Waals surface area contributed by atoms with Crippen molar-refractivity contribution < 1.29 is 4.79 Å². The summed E-state index contributed by atoms with van der Waals surface area (Å²) >= 11 is 6.02. The lowest BCUT2D eigenvalue weighted by atomic mass is 9.88. The first kappa shape index (κ1) is 11.3. The van der Waals surface area contributed by atoms with Gasteiger partial charge in [0.15, 0.2) is 0 Å². The van der Waals surface area contributed by atoms with Crippen molar-refractivity contribution in [3.05, 3.63) is 0 Å². The highest BCUT2D eigenvalue weighted by Crippen LogP contribution is 2.40. The molecule has 15 heavy (non-hydrogen) atoms. The molecule has 2 atom stereocenters. The summed E-state index contributed by atoms with van der Waals surface area (Å²) in [4.78, 5) is 11.7. The zero-order valence-corrected chi connectivity index (χ0v) is 10.1. The molecule has 1 N–H and O–H groups in total. The Morgan fingerprint density at radius 1 is 1.47 bits per heavy atom. The molecule has 86 valence electrons. The van der Waals surface area contributed by atoms with Gasteiger partial charge in [-0.15, -0.1) is 11.6 Å². The Hall–Kier alpha value is -0.240. The van der Waals surface area contributed by atoms with Gasteiger partial charge in [0.2, 0.25) is 5.91 Å². The number of amides is 1. The van der Waals surface area contributed by atoms with Crippen LogP contribution < -0.4 is 5.32 Å². The average molecular weight is 230 g/mol. The van der Waals surface area contributed by atoms with Crippen LogP contribution in [0, 0.1) is 17.3 Å². The Kier molecular flexibility index (Phi) is 3.24. The third kappa shape index (κ3) is 2.47. The van der Waals surface area contributed by atoms with Gasteiger partial charge in [-0.2, -0.15) is 0 Å². The molecule has 2 fully saturated rings. The fourth-order valence-corrected chi connectivity index (χ4v) is 2.94. The van der Waals surface area contributed by atoms with Gasteiger partial charge in [0.1, 0.15) is 0 Å². The van der Waals surface area contributed by atoms with Crippen molar-refractivity contribution in [3.8, 4) is 0 Å². The average Bonchev–Trinajstić information content (AvgIpc) is 2.81. The van der Waals surface area contributed by atoms with E-state index in [2.05, 4.69) is 12.2 Å². The number of hydrogen-bond donors (Lipinski definition) is 1. The van der Waals surface area contributed by atoms with Crippen LogP contribution in [0.5, 0.6) is 0 Å². The molecule has 0 aromatic heterocycles. The van der Waals surface area contributed by atoms with Crippen LogP contribution in [0.4, 0.5) is 0 Å². The molecular formula is C12H20ClNO. The Labute approximate surface area is 96.8 Å². The zero-order chi connectivity index (χ0) is 10.9. The van der Waals surface area contributed by atoms with Gasteiger partial charge in [0.05, 0.1) is 0 Å². The third-order valence-electron chi connectivity index (χ3n) is 4.03. The highest BCUT2D eigenvalue weighted by atomic mass is 35.5. The Morgan fingerprint density at radius 3 is 2.53 bits per heavy atom. The molecule has 0 spiro atoms. The second kappa shape index (κ2) is 4.32. The summed E-state index contributed by atoms with van der Waals surface area (Å²) in [7, 11) is 0. The number of alkyl halides is 1. The van der Waals surface area contributed by atoms with Crippen LogP contribution in [0.25, 0.3) is 0 Å². The summed E-state index contributed by atoms with van der Waals surface area (Å²) in [5, 5.41) is 3.09. The van der Waals surface area contributed by atoms with Gasteiger partial charge in [-0.25, -0.2) is 0 Å².